The van der Waals surface area contributed by atoms with E-state index in [2.05, 4.69) is 32.5 Å². The van der Waals surface area contributed by atoms with E-state index < -0.39 is 0 Å². The van der Waals surface area contributed by atoms with E-state index in [1.807, 2.05) is 35.2 Å². The molecule has 1 saturated heterocycles. The van der Waals surface area contributed by atoms with E-state index in [1.54, 1.807) is 17.2 Å². The Kier molecular flexibility index (Phi) is 5.70. The largest absolute Gasteiger partial charge is 0.342 e. The normalized spacial score (nSPS) is 16.9. The number of aromatic nitrogens is 5. The number of carbonyl (C=O) groups is 1. The topological polar surface area (TPSA) is 76.8 Å². The highest BCUT2D eigenvalue weighted by Gasteiger charge is 2.24. The number of carbonyl (C=O) groups excluding carboxylic acids is 1. The molecule has 1 fully saturated rings. The first-order valence-electron chi connectivity index (χ1n) is 9.78. The van der Waals surface area contributed by atoms with Gasteiger partial charge in [0.05, 0.1) is 6.54 Å². The van der Waals surface area contributed by atoms with Gasteiger partial charge >= 0.3 is 0 Å². The first-order chi connectivity index (χ1) is 13.8. The number of pyridine rings is 1. The molecule has 144 valence electrons. The van der Waals surface area contributed by atoms with Crippen molar-refractivity contribution >= 4 is 5.91 Å². The number of tetrazole rings is 1. The Balaban J connectivity index is 1.31. The summed E-state index contributed by atoms with van der Waals surface area (Å²) in [4.78, 5) is 20.4. The molecule has 0 N–H and O–H groups in total. The van der Waals surface area contributed by atoms with Crippen LogP contribution in [0.4, 0.5) is 0 Å². The summed E-state index contributed by atoms with van der Waals surface area (Å²) in [7, 11) is 0. The zero-order chi connectivity index (χ0) is 19.2. The Morgan fingerprint density at radius 1 is 1.14 bits per heavy atom. The summed E-state index contributed by atoms with van der Waals surface area (Å²) >= 11 is 0. The summed E-state index contributed by atoms with van der Waals surface area (Å²) in [6.07, 6.45) is 6.90. The molecule has 1 amide bonds. The zero-order valence-electron chi connectivity index (χ0n) is 15.8. The van der Waals surface area contributed by atoms with Crippen LogP contribution < -0.4 is 0 Å². The molecule has 3 aromatic rings. The van der Waals surface area contributed by atoms with Crippen molar-refractivity contribution in [3.05, 3.63) is 60.4 Å². The molecule has 1 atom stereocenters. The van der Waals surface area contributed by atoms with Crippen LogP contribution in [0.1, 0.15) is 24.8 Å². The molecule has 0 saturated carbocycles. The second-order valence-electron chi connectivity index (χ2n) is 7.24. The molecule has 1 aliphatic rings. The lowest BCUT2D eigenvalue weighted by molar-refractivity contribution is -0.133. The molecule has 3 heterocycles. The summed E-state index contributed by atoms with van der Waals surface area (Å²) < 4.78 is 0. The minimum Gasteiger partial charge on any atom is -0.342 e. The minimum atomic E-state index is 0.233. The molecule has 4 rings (SSSR count). The molecule has 7 heteroatoms. The second kappa shape index (κ2) is 8.73. The van der Waals surface area contributed by atoms with Crippen molar-refractivity contribution in [1.29, 1.82) is 0 Å². The number of nitrogens with zero attached hydrogens (tertiary/aromatic N) is 6. The van der Waals surface area contributed by atoms with Gasteiger partial charge < -0.3 is 4.90 Å². The Hall–Kier alpha value is -3.09. The van der Waals surface area contributed by atoms with E-state index in [0.29, 0.717) is 24.7 Å². The fourth-order valence-corrected chi connectivity index (χ4v) is 3.66. The van der Waals surface area contributed by atoms with Crippen LogP contribution in [0.25, 0.3) is 11.4 Å². The van der Waals surface area contributed by atoms with Gasteiger partial charge in [-0.2, -0.15) is 4.80 Å². The van der Waals surface area contributed by atoms with Gasteiger partial charge in [0.1, 0.15) is 0 Å². The van der Waals surface area contributed by atoms with Gasteiger partial charge in [-0.15, -0.1) is 10.2 Å². The smallest absolute Gasteiger partial charge is 0.222 e. The van der Waals surface area contributed by atoms with Crippen LogP contribution in [-0.2, 0) is 17.8 Å². The molecule has 0 unspecified atom stereocenters. The first kappa shape index (κ1) is 18.3. The van der Waals surface area contributed by atoms with Crippen LogP contribution >= 0.6 is 0 Å². The number of aryl methyl sites for hydroxylation is 1. The van der Waals surface area contributed by atoms with E-state index in [1.165, 1.54) is 5.56 Å². The van der Waals surface area contributed by atoms with E-state index in [4.69, 9.17) is 0 Å². The van der Waals surface area contributed by atoms with Crippen molar-refractivity contribution < 1.29 is 4.79 Å². The maximum Gasteiger partial charge on any atom is 0.222 e. The first-order valence-corrected chi connectivity index (χ1v) is 9.78. The maximum atomic E-state index is 12.6. The van der Waals surface area contributed by atoms with E-state index >= 15 is 0 Å². The van der Waals surface area contributed by atoms with Crippen molar-refractivity contribution in [1.82, 2.24) is 30.1 Å². The van der Waals surface area contributed by atoms with Crippen molar-refractivity contribution in [3.8, 4) is 11.4 Å². The Morgan fingerprint density at radius 2 is 2.04 bits per heavy atom. The third-order valence-electron chi connectivity index (χ3n) is 5.14. The van der Waals surface area contributed by atoms with Crippen molar-refractivity contribution in [2.24, 2.45) is 5.92 Å². The third-order valence-corrected chi connectivity index (χ3v) is 5.14. The number of amides is 1. The monoisotopic (exact) mass is 376 g/mol. The Morgan fingerprint density at radius 3 is 2.86 bits per heavy atom. The van der Waals surface area contributed by atoms with Crippen LogP contribution in [0.5, 0.6) is 0 Å². The van der Waals surface area contributed by atoms with E-state index in [-0.39, 0.29) is 5.91 Å². The summed E-state index contributed by atoms with van der Waals surface area (Å²) in [6.45, 7) is 2.28. The van der Waals surface area contributed by atoms with Crippen molar-refractivity contribution in [2.45, 2.75) is 32.2 Å². The van der Waals surface area contributed by atoms with Crippen molar-refractivity contribution in [2.75, 3.05) is 13.1 Å². The van der Waals surface area contributed by atoms with Crippen LogP contribution in [0, 0.1) is 5.92 Å². The molecular formula is C21H24N6O. The zero-order valence-corrected chi connectivity index (χ0v) is 15.8. The molecule has 0 bridgehead atoms. The second-order valence-corrected chi connectivity index (χ2v) is 7.24. The summed E-state index contributed by atoms with van der Waals surface area (Å²) in [5.41, 5.74) is 2.06. The lowest BCUT2D eigenvalue weighted by Crippen LogP contribution is -2.41. The van der Waals surface area contributed by atoms with Crippen molar-refractivity contribution in [3.63, 3.8) is 0 Å². The van der Waals surface area contributed by atoms with Gasteiger partial charge in [0.15, 0.2) is 0 Å². The molecule has 0 spiro atoms. The molecule has 28 heavy (non-hydrogen) atoms. The van der Waals surface area contributed by atoms with Gasteiger partial charge in [-0.05, 0) is 48.1 Å². The standard InChI is InChI=1S/C21H24N6O/c28-20(11-10-17-6-2-1-3-7-17)26-13-5-8-18(15-26)16-27-24-21(23-25-27)19-9-4-12-22-14-19/h1-4,6-7,9,12,14,18H,5,8,10-11,13,15-16H2/t18-/m0/s1. The van der Waals surface area contributed by atoms with Crippen LogP contribution in [0.2, 0.25) is 0 Å². The van der Waals surface area contributed by atoms with Gasteiger partial charge in [0.2, 0.25) is 11.7 Å². The number of rotatable bonds is 6. The average molecular weight is 376 g/mol. The number of hydrogen-bond donors (Lipinski definition) is 0. The Bertz CT molecular complexity index is 896. The highest BCUT2D eigenvalue weighted by atomic mass is 16.2. The molecule has 1 aromatic carbocycles. The molecule has 0 aliphatic carbocycles. The fraction of sp³-hybridized carbons (Fsp3) is 0.381. The SMILES string of the molecule is O=C(CCc1ccccc1)N1CCC[C@H](Cn2nnc(-c3cccnc3)n2)C1. The van der Waals surface area contributed by atoms with Gasteiger partial charge in [-0.25, -0.2) is 0 Å². The summed E-state index contributed by atoms with van der Waals surface area (Å²) in [5, 5.41) is 12.8. The Labute approximate surface area is 164 Å². The predicted molar refractivity (Wildman–Crippen MR) is 105 cm³/mol. The van der Waals surface area contributed by atoms with Gasteiger partial charge in [-0.3, -0.25) is 9.78 Å². The lowest BCUT2D eigenvalue weighted by atomic mass is 9.97. The van der Waals surface area contributed by atoms with Crippen LogP contribution in [0.3, 0.4) is 0 Å². The highest BCUT2D eigenvalue weighted by Crippen LogP contribution is 2.20. The molecule has 2 aromatic heterocycles. The summed E-state index contributed by atoms with van der Waals surface area (Å²) in [5.74, 6) is 1.17. The summed E-state index contributed by atoms with van der Waals surface area (Å²) in [6, 6.07) is 13.9. The van der Waals surface area contributed by atoms with Gasteiger partial charge in [0, 0.05) is 37.5 Å². The van der Waals surface area contributed by atoms with Gasteiger partial charge in [0.25, 0.3) is 0 Å². The van der Waals surface area contributed by atoms with Crippen LogP contribution in [-0.4, -0.2) is 49.1 Å². The number of benzene rings is 1. The third kappa shape index (κ3) is 4.60. The van der Waals surface area contributed by atoms with E-state index in [9.17, 15) is 4.79 Å². The molecule has 7 nitrogen and oxygen atoms in total. The number of likely N-dealkylation sites (tertiary alicyclic amines) is 1. The van der Waals surface area contributed by atoms with Crippen LogP contribution in [0.15, 0.2) is 54.9 Å². The fourth-order valence-electron chi connectivity index (χ4n) is 3.66. The molecule has 0 radical (unpaired) electrons. The lowest BCUT2D eigenvalue weighted by Gasteiger charge is -2.32. The highest BCUT2D eigenvalue weighted by molar-refractivity contribution is 5.76. The molecular weight excluding hydrogens is 352 g/mol. The van der Waals surface area contributed by atoms with Gasteiger partial charge in [-0.1, -0.05) is 30.3 Å². The minimum absolute atomic E-state index is 0.233. The molecule has 1 aliphatic heterocycles. The number of piperidine rings is 1. The quantitative estimate of drug-likeness (QED) is 0.661. The average Bonchev–Trinajstić information content (AvgIpc) is 3.22. The predicted octanol–water partition coefficient (Wildman–Crippen LogP) is 2.61. The van der Waals surface area contributed by atoms with E-state index in [0.717, 1.165) is 37.9 Å². The number of hydrogen-bond acceptors (Lipinski definition) is 5. The maximum absolute atomic E-state index is 12.6.